The first-order chi connectivity index (χ1) is 9.63. The first-order valence-corrected chi connectivity index (χ1v) is 6.80. The monoisotopic (exact) mass is 270 g/mol. The molecule has 1 unspecified atom stereocenters. The van der Waals surface area contributed by atoms with Crippen LogP contribution in [-0.4, -0.2) is 15.5 Å². The van der Waals surface area contributed by atoms with Crippen LogP contribution in [0.2, 0.25) is 0 Å². The summed E-state index contributed by atoms with van der Waals surface area (Å²) in [5, 5.41) is 3.07. The lowest BCUT2D eigenvalue weighted by Gasteiger charge is -2.26. The number of rotatable bonds is 2. The fourth-order valence-corrected chi connectivity index (χ4v) is 2.75. The highest BCUT2D eigenvalue weighted by Crippen LogP contribution is 2.31. The summed E-state index contributed by atoms with van der Waals surface area (Å²) in [5.41, 5.74) is 9.47. The summed E-state index contributed by atoms with van der Waals surface area (Å²) in [5.74, 6) is -0.125. The van der Waals surface area contributed by atoms with Gasteiger partial charge < -0.3 is 15.6 Å². The highest BCUT2D eigenvalue weighted by molar-refractivity contribution is 5.92. The summed E-state index contributed by atoms with van der Waals surface area (Å²) in [6.07, 6.45) is 6.39. The molecule has 20 heavy (non-hydrogen) atoms. The van der Waals surface area contributed by atoms with Crippen LogP contribution in [0, 0.1) is 0 Å². The number of aromatic nitrogens is 2. The maximum atomic E-state index is 12.2. The number of hydrogen-bond acceptors (Lipinski definition) is 3. The fraction of sp³-hybridized carbons (Fsp3) is 0.333. The smallest absolute Gasteiger partial charge is 0.271 e. The molecule has 1 atom stereocenters. The Morgan fingerprint density at radius 2 is 2.35 bits per heavy atom. The predicted molar refractivity (Wildman–Crippen MR) is 77.2 cm³/mol. The summed E-state index contributed by atoms with van der Waals surface area (Å²) in [6, 6.07) is 5.97. The average Bonchev–Trinajstić information content (AvgIpc) is 2.85. The second-order valence-corrected chi connectivity index (χ2v) is 5.30. The Labute approximate surface area is 117 Å². The lowest BCUT2D eigenvalue weighted by Crippen LogP contribution is -2.31. The van der Waals surface area contributed by atoms with Crippen LogP contribution in [0.15, 0.2) is 30.7 Å². The number of anilines is 1. The second kappa shape index (κ2) is 5.00. The number of hydrogen-bond donors (Lipinski definition) is 2. The molecule has 1 heterocycles. The maximum absolute atomic E-state index is 12.2. The van der Waals surface area contributed by atoms with Gasteiger partial charge in [0.2, 0.25) is 0 Å². The number of nitrogens with zero attached hydrogens (tertiary/aromatic N) is 2. The van der Waals surface area contributed by atoms with Gasteiger partial charge in [0.1, 0.15) is 5.69 Å². The van der Waals surface area contributed by atoms with E-state index >= 15 is 0 Å². The summed E-state index contributed by atoms with van der Waals surface area (Å²) in [7, 11) is 1.85. The third-order valence-corrected chi connectivity index (χ3v) is 3.72. The molecule has 5 nitrogen and oxygen atoms in total. The summed E-state index contributed by atoms with van der Waals surface area (Å²) in [4.78, 5) is 16.3. The van der Waals surface area contributed by atoms with Crippen LogP contribution in [0.3, 0.4) is 0 Å². The van der Waals surface area contributed by atoms with Crippen LogP contribution < -0.4 is 11.1 Å². The molecule has 3 N–H and O–H groups in total. The van der Waals surface area contributed by atoms with E-state index in [9.17, 15) is 4.79 Å². The lowest BCUT2D eigenvalue weighted by atomic mass is 9.87. The van der Waals surface area contributed by atoms with Gasteiger partial charge in [-0.05, 0) is 42.5 Å². The van der Waals surface area contributed by atoms with Crippen molar-refractivity contribution in [1.82, 2.24) is 14.9 Å². The highest BCUT2D eigenvalue weighted by Gasteiger charge is 2.23. The largest absolute Gasteiger partial charge is 0.399 e. The van der Waals surface area contributed by atoms with E-state index in [1.54, 1.807) is 17.1 Å². The van der Waals surface area contributed by atoms with Gasteiger partial charge in [-0.15, -0.1) is 0 Å². The van der Waals surface area contributed by atoms with Crippen LogP contribution in [0.25, 0.3) is 0 Å². The molecular formula is C15H18N4O. The van der Waals surface area contributed by atoms with E-state index in [0.29, 0.717) is 5.69 Å². The zero-order chi connectivity index (χ0) is 14.1. The van der Waals surface area contributed by atoms with Crippen LogP contribution in [0.4, 0.5) is 5.69 Å². The van der Waals surface area contributed by atoms with Crippen molar-refractivity contribution in [2.45, 2.75) is 25.3 Å². The van der Waals surface area contributed by atoms with Gasteiger partial charge >= 0.3 is 0 Å². The molecule has 104 valence electrons. The molecule has 0 aliphatic heterocycles. The maximum Gasteiger partial charge on any atom is 0.271 e. The van der Waals surface area contributed by atoms with Gasteiger partial charge in [0, 0.05) is 18.9 Å². The average molecular weight is 270 g/mol. The van der Waals surface area contributed by atoms with E-state index in [1.165, 1.54) is 11.1 Å². The molecule has 1 amide bonds. The molecule has 3 rings (SSSR count). The van der Waals surface area contributed by atoms with Crippen LogP contribution in [0.1, 0.15) is 40.5 Å². The minimum Gasteiger partial charge on any atom is -0.399 e. The minimum atomic E-state index is -0.125. The molecule has 1 aromatic carbocycles. The molecule has 1 aromatic heterocycles. The van der Waals surface area contributed by atoms with Crippen molar-refractivity contribution in [3.05, 3.63) is 47.5 Å². The van der Waals surface area contributed by atoms with Crippen molar-refractivity contribution in [2.75, 3.05) is 5.73 Å². The quantitative estimate of drug-likeness (QED) is 0.817. The summed E-state index contributed by atoms with van der Waals surface area (Å²) >= 11 is 0. The van der Waals surface area contributed by atoms with Crippen molar-refractivity contribution in [3.63, 3.8) is 0 Å². The van der Waals surface area contributed by atoms with Gasteiger partial charge in [-0.1, -0.05) is 6.07 Å². The van der Waals surface area contributed by atoms with Gasteiger partial charge in [-0.2, -0.15) is 0 Å². The van der Waals surface area contributed by atoms with Crippen molar-refractivity contribution in [3.8, 4) is 0 Å². The van der Waals surface area contributed by atoms with Crippen LogP contribution in [-0.2, 0) is 13.5 Å². The number of amides is 1. The zero-order valence-electron chi connectivity index (χ0n) is 11.5. The van der Waals surface area contributed by atoms with Crippen molar-refractivity contribution >= 4 is 11.6 Å². The Hall–Kier alpha value is -2.30. The number of imidazole rings is 1. The molecule has 0 radical (unpaired) electrons. The number of nitrogens with two attached hydrogens (primary N) is 1. The number of carbonyl (C=O) groups is 1. The predicted octanol–water partition coefficient (Wildman–Crippen LogP) is 1.81. The number of fused-ring (bicyclic) bond motifs is 1. The van der Waals surface area contributed by atoms with Crippen LogP contribution >= 0.6 is 0 Å². The van der Waals surface area contributed by atoms with E-state index < -0.39 is 0 Å². The molecule has 1 aliphatic carbocycles. The third-order valence-electron chi connectivity index (χ3n) is 3.72. The second-order valence-electron chi connectivity index (χ2n) is 5.30. The van der Waals surface area contributed by atoms with Crippen molar-refractivity contribution in [2.24, 2.45) is 7.05 Å². The molecule has 2 aromatic rings. The Morgan fingerprint density at radius 1 is 1.50 bits per heavy atom. The van der Waals surface area contributed by atoms with Gasteiger partial charge in [0.05, 0.1) is 12.4 Å². The lowest BCUT2D eigenvalue weighted by molar-refractivity contribution is 0.0928. The van der Waals surface area contributed by atoms with Gasteiger partial charge in [0.25, 0.3) is 5.91 Å². The van der Waals surface area contributed by atoms with Crippen molar-refractivity contribution < 1.29 is 4.79 Å². The molecule has 1 aliphatic rings. The summed E-state index contributed by atoms with van der Waals surface area (Å²) in [6.45, 7) is 0. The Morgan fingerprint density at radius 3 is 3.10 bits per heavy atom. The van der Waals surface area contributed by atoms with E-state index in [0.717, 1.165) is 24.9 Å². The van der Waals surface area contributed by atoms with Gasteiger partial charge in [-0.3, -0.25) is 4.79 Å². The Balaban J connectivity index is 1.81. The molecule has 0 saturated carbocycles. The Kier molecular flexibility index (Phi) is 3.18. The summed E-state index contributed by atoms with van der Waals surface area (Å²) < 4.78 is 1.77. The first kappa shape index (κ1) is 12.7. The van der Waals surface area contributed by atoms with E-state index in [1.807, 2.05) is 25.2 Å². The fourth-order valence-electron chi connectivity index (χ4n) is 2.75. The molecule has 0 fully saturated rings. The highest BCUT2D eigenvalue weighted by atomic mass is 16.2. The number of nitrogens with one attached hydrogen (secondary N) is 1. The standard InChI is InChI=1S/C15H18N4O/c1-19-8-14(17-9-19)15(20)18-13-4-2-3-10-7-11(16)5-6-12(10)13/h5-9,13H,2-4,16H2,1H3,(H,18,20). The van der Waals surface area contributed by atoms with Gasteiger partial charge in [-0.25, -0.2) is 4.98 Å². The normalized spacial score (nSPS) is 17.6. The molecule has 0 spiro atoms. The first-order valence-electron chi connectivity index (χ1n) is 6.80. The molecule has 0 saturated heterocycles. The number of nitrogen functional groups attached to an aromatic ring is 1. The molecule has 5 heteroatoms. The third kappa shape index (κ3) is 2.39. The SMILES string of the molecule is Cn1cnc(C(=O)NC2CCCc3cc(N)ccc32)c1. The minimum absolute atomic E-state index is 0.0499. The number of aryl methyl sites for hydroxylation is 2. The topological polar surface area (TPSA) is 72.9 Å². The Bertz CT molecular complexity index is 647. The number of benzene rings is 1. The number of carbonyl (C=O) groups excluding carboxylic acids is 1. The van der Waals surface area contributed by atoms with E-state index in [4.69, 9.17) is 5.73 Å². The van der Waals surface area contributed by atoms with E-state index in [-0.39, 0.29) is 11.9 Å². The van der Waals surface area contributed by atoms with Crippen molar-refractivity contribution in [1.29, 1.82) is 0 Å². The van der Waals surface area contributed by atoms with Crippen LogP contribution in [0.5, 0.6) is 0 Å². The molecule has 0 bridgehead atoms. The van der Waals surface area contributed by atoms with E-state index in [2.05, 4.69) is 10.3 Å². The van der Waals surface area contributed by atoms with Gasteiger partial charge in [0.15, 0.2) is 0 Å². The molecular weight excluding hydrogens is 252 g/mol. The zero-order valence-corrected chi connectivity index (χ0v) is 11.5.